The third kappa shape index (κ3) is 4.00. The summed E-state index contributed by atoms with van der Waals surface area (Å²) in [5.41, 5.74) is 1.49. The summed E-state index contributed by atoms with van der Waals surface area (Å²) in [6.45, 7) is 1.91. The SMILES string of the molecule is Cc1ccc(S(=O)(=O)Nc2ccc(Oc3ccc4ccccc4c3)cc2)cc1. The molecule has 4 nitrogen and oxygen atoms in total. The monoisotopic (exact) mass is 389 g/mol. The number of fused-ring (bicyclic) bond motifs is 1. The Labute approximate surface area is 164 Å². The lowest BCUT2D eigenvalue weighted by Crippen LogP contribution is -2.12. The van der Waals surface area contributed by atoms with Gasteiger partial charge >= 0.3 is 0 Å². The minimum absolute atomic E-state index is 0.231. The highest BCUT2D eigenvalue weighted by Crippen LogP contribution is 2.27. The summed E-state index contributed by atoms with van der Waals surface area (Å²) in [5.74, 6) is 1.36. The summed E-state index contributed by atoms with van der Waals surface area (Å²) < 4.78 is 33.4. The van der Waals surface area contributed by atoms with Crippen molar-refractivity contribution in [3.05, 3.63) is 96.6 Å². The van der Waals surface area contributed by atoms with E-state index in [4.69, 9.17) is 4.74 Å². The van der Waals surface area contributed by atoms with Crippen LogP contribution in [0.1, 0.15) is 5.56 Å². The molecule has 0 unspecified atom stereocenters. The fraction of sp³-hybridized carbons (Fsp3) is 0.0435. The molecule has 0 saturated carbocycles. The van der Waals surface area contributed by atoms with Crippen molar-refractivity contribution >= 4 is 26.5 Å². The van der Waals surface area contributed by atoms with Crippen molar-refractivity contribution in [3.63, 3.8) is 0 Å². The summed E-state index contributed by atoms with van der Waals surface area (Å²) in [6.07, 6.45) is 0. The maximum atomic E-state index is 12.5. The molecule has 140 valence electrons. The minimum Gasteiger partial charge on any atom is -0.457 e. The van der Waals surface area contributed by atoms with Gasteiger partial charge in [-0.05, 0) is 66.2 Å². The Morgan fingerprint density at radius 3 is 2.07 bits per heavy atom. The lowest BCUT2D eigenvalue weighted by Gasteiger charge is -2.10. The van der Waals surface area contributed by atoms with Crippen LogP contribution in [0.5, 0.6) is 11.5 Å². The minimum atomic E-state index is -3.62. The Morgan fingerprint density at radius 1 is 0.714 bits per heavy atom. The van der Waals surface area contributed by atoms with Crippen LogP contribution in [0.3, 0.4) is 0 Å². The Bertz CT molecular complexity index is 1210. The molecule has 0 spiro atoms. The Hall–Kier alpha value is -3.31. The molecule has 28 heavy (non-hydrogen) atoms. The lowest BCUT2D eigenvalue weighted by atomic mass is 10.1. The highest BCUT2D eigenvalue weighted by atomic mass is 32.2. The maximum absolute atomic E-state index is 12.5. The van der Waals surface area contributed by atoms with Gasteiger partial charge in [-0.1, -0.05) is 48.0 Å². The highest BCUT2D eigenvalue weighted by Gasteiger charge is 2.13. The number of rotatable bonds is 5. The summed E-state index contributed by atoms with van der Waals surface area (Å²) in [7, 11) is -3.62. The molecule has 0 aliphatic heterocycles. The molecule has 4 aromatic carbocycles. The van der Waals surface area contributed by atoms with Crippen LogP contribution in [0, 0.1) is 6.92 Å². The van der Waals surface area contributed by atoms with E-state index in [0.717, 1.165) is 22.1 Å². The van der Waals surface area contributed by atoms with E-state index in [-0.39, 0.29) is 4.90 Å². The van der Waals surface area contributed by atoms with Gasteiger partial charge in [-0.2, -0.15) is 0 Å². The zero-order valence-corrected chi connectivity index (χ0v) is 16.1. The standard InChI is InChI=1S/C23H19NO3S/c1-17-6-14-23(15-7-17)28(25,26)24-20-9-12-21(13-10-20)27-22-11-8-18-4-2-3-5-19(18)16-22/h2-16,24H,1H3. The number of aryl methyl sites for hydroxylation is 1. The van der Waals surface area contributed by atoms with Crippen LogP contribution < -0.4 is 9.46 Å². The van der Waals surface area contributed by atoms with Crippen molar-refractivity contribution in [1.82, 2.24) is 0 Å². The van der Waals surface area contributed by atoms with E-state index in [0.29, 0.717) is 11.4 Å². The number of hydrogen-bond donors (Lipinski definition) is 1. The predicted molar refractivity (Wildman–Crippen MR) is 112 cm³/mol. The molecule has 5 heteroatoms. The molecule has 0 aliphatic rings. The summed E-state index contributed by atoms with van der Waals surface area (Å²) in [4.78, 5) is 0.231. The third-order valence-corrected chi connectivity index (χ3v) is 5.79. The summed E-state index contributed by atoms with van der Waals surface area (Å²) >= 11 is 0. The zero-order valence-electron chi connectivity index (χ0n) is 15.3. The van der Waals surface area contributed by atoms with E-state index < -0.39 is 10.0 Å². The molecule has 4 rings (SSSR count). The van der Waals surface area contributed by atoms with Crippen molar-refractivity contribution in [2.75, 3.05) is 4.72 Å². The largest absolute Gasteiger partial charge is 0.457 e. The van der Waals surface area contributed by atoms with Gasteiger partial charge in [0.2, 0.25) is 0 Å². The molecule has 0 saturated heterocycles. The first-order valence-electron chi connectivity index (χ1n) is 8.86. The number of nitrogens with one attached hydrogen (secondary N) is 1. The van der Waals surface area contributed by atoms with Gasteiger partial charge in [-0.25, -0.2) is 8.42 Å². The molecular formula is C23H19NO3S. The van der Waals surface area contributed by atoms with E-state index >= 15 is 0 Å². The van der Waals surface area contributed by atoms with Gasteiger partial charge in [-0.15, -0.1) is 0 Å². The van der Waals surface area contributed by atoms with Gasteiger partial charge in [0.05, 0.1) is 4.90 Å². The van der Waals surface area contributed by atoms with Crippen LogP contribution in [0.4, 0.5) is 5.69 Å². The van der Waals surface area contributed by atoms with Gasteiger partial charge in [-0.3, -0.25) is 4.72 Å². The van der Waals surface area contributed by atoms with Gasteiger partial charge in [0.15, 0.2) is 0 Å². The molecular weight excluding hydrogens is 370 g/mol. The second kappa shape index (κ2) is 7.37. The number of benzene rings is 4. The van der Waals surface area contributed by atoms with Crippen LogP contribution >= 0.6 is 0 Å². The lowest BCUT2D eigenvalue weighted by molar-refractivity contribution is 0.483. The van der Waals surface area contributed by atoms with Crippen molar-refractivity contribution in [1.29, 1.82) is 0 Å². The van der Waals surface area contributed by atoms with Crippen molar-refractivity contribution in [3.8, 4) is 11.5 Å². The number of ether oxygens (including phenoxy) is 1. The number of anilines is 1. The van der Waals surface area contributed by atoms with E-state index in [1.165, 1.54) is 0 Å². The Morgan fingerprint density at radius 2 is 1.36 bits per heavy atom. The van der Waals surface area contributed by atoms with Crippen molar-refractivity contribution < 1.29 is 13.2 Å². The average Bonchev–Trinajstić information content (AvgIpc) is 2.69. The van der Waals surface area contributed by atoms with Crippen molar-refractivity contribution in [2.45, 2.75) is 11.8 Å². The summed E-state index contributed by atoms with van der Waals surface area (Å²) in [6, 6.07) is 27.5. The molecule has 0 aromatic heterocycles. The first-order valence-corrected chi connectivity index (χ1v) is 10.3. The molecule has 0 fully saturated rings. The Kier molecular flexibility index (Phi) is 4.75. The van der Waals surface area contributed by atoms with E-state index in [1.54, 1.807) is 48.5 Å². The average molecular weight is 389 g/mol. The maximum Gasteiger partial charge on any atom is 0.261 e. The molecule has 0 amide bonds. The first kappa shape index (κ1) is 18.1. The quantitative estimate of drug-likeness (QED) is 0.473. The topological polar surface area (TPSA) is 55.4 Å². The van der Waals surface area contributed by atoms with E-state index in [9.17, 15) is 8.42 Å². The zero-order chi connectivity index (χ0) is 19.6. The third-order valence-electron chi connectivity index (χ3n) is 4.39. The van der Waals surface area contributed by atoms with Gasteiger partial charge in [0.1, 0.15) is 11.5 Å². The van der Waals surface area contributed by atoms with Crippen LogP contribution in [-0.2, 0) is 10.0 Å². The fourth-order valence-electron chi connectivity index (χ4n) is 2.89. The number of hydrogen-bond acceptors (Lipinski definition) is 3. The molecule has 0 radical (unpaired) electrons. The Balaban J connectivity index is 1.49. The van der Waals surface area contributed by atoms with Gasteiger partial charge in [0, 0.05) is 5.69 Å². The molecule has 0 bridgehead atoms. The first-order chi connectivity index (χ1) is 13.5. The molecule has 0 aliphatic carbocycles. The fourth-order valence-corrected chi connectivity index (χ4v) is 3.95. The number of sulfonamides is 1. The molecule has 1 N–H and O–H groups in total. The molecule has 4 aromatic rings. The molecule has 0 heterocycles. The smallest absolute Gasteiger partial charge is 0.261 e. The highest BCUT2D eigenvalue weighted by molar-refractivity contribution is 7.92. The second-order valence-electron chi connectivity index (χ2n) is 6.55. The van der Waals surface area contributed by atoms with Crippen molar-refractivity contribution in [2.24, 2.45) is 0 Å². The van der Waals surface area contributed by atoms with Crippen LogP contribution in [0.2, 0.25) is 0 Å². The van der Waals surface area contributed by atoms with E-state index in [1.807, 2.05) is 49.4 Å². The van der Waals surface area contributed by atoms with Crippen LogP contribution in [-0.4, -0.2) is 8.42 Å². The predicted octanol–water partition coefficient (Wildman–Crippen LogP) is 5.74. The molecule has 0 atom stereocenters. The van der Waals surface area contributed by atoms with Crippen LogP contribution in [0.25, 0.3) is 10.8 Å². The van der Waals surface area contributed by atoms with E-state index in [2.05, 4.69) is 4.72 Å². The summed E-state index contributed by atoms with van der Waals surface area (Å²) in [5, 5.41) is 2.25. The van der Waals surface area contributed by atoms with Crippen LogP contribution in [0.15, 0.2) is 95.9 Å². The van der Waals surface area contributed by atoms with Gasteiger partial charge < -0.3 is 4.74 Å². The second-order valence-corrected chi connectivity index (χ2v) is 8.24. The van der Waals surface area contributed by atoms with Gasteiger partial charge in [0.25, 0.3) is 10.0 Å². The normalized spacial score (nSPS) is 11.3.